The predicted octanol–water partition coefficient (Wildman–Crippen LogP) is 4.79. The molecule has 10 heteroatoms. The molecule has 0 spiro atoms. The van der Waals surface area contributed by atoms with Crippen LogP contribution in [0.25, 0.3) is 22.2 Å². The standard InChI is InChI=1S/C31H28N4O6/c1-2-24(36)18-8-6-12-35(16-18)23-14-22(33-19-9-5-7-17(13-19)31(40)32-15-25(37)38)26-27-28(23)34-41-30(27)21-11-4-3-10-20(21)29(26)39/h3-5,7,9-11,13-14,18,33H,2,6,8,12,15-16H2,1H3,(H,32,40)(H,37,38)/t18-/m0/s1. The summed E-state index contributed by atoms with van der Waals surface area (Å²) in [5.74, 6) is -1.19. The van der Waals surface area contributed by atoms with Crippen molar-refractivity contribution in [1.29, 1.82) is 0 Å². The van der Waals surface area contributed by atoms with Crippen molar-refractivity contribution in [1.82, 2.24) is 10.5 Å². The molecule has 3 aromatic carbocycles. The summed E-state index contributed by atoms with van der Waals surface area (Å²) >= 11 is 0. The summed E-state index contributed by atoms with van der Waals surface area (Å²) in [4.78, 5) is 52.1. The van der Waals surface area contributed by atoms with E-state index in [1.807, 2.05) is 25.1 Å². The molecule has 4 aromatic rings. The van der Waals surface area contributed by atoms with E-state index < -0.39 is 18.4 Å². The lowest BCUT2D eigenvalue weighted by Gasteiger charge is -2.34. The highest BCUT2D eigenvalue weighted by Gasteiger charge is 2.35. The molecule has 6 rings (SSSR count). The van der Waals surface area contributed by atoms with Crippen molar-refractivity contribution in [2.45, 2.75) is 26.2 Å². The van der Waals surface area contributed by atoms with Crippen molar-refractivity contribution in [3.8, 4) is 11.3 Å². The minimum atomic E-state index is -1.14. The van der Waals surface area contributed by atoms with Gasteiger partial charge in [0.15, 0.2) is 11.5 Å². The third-order valence-electron chi connectivity index (χ3n) is 7.75. The summed E-state index contributed by atoms with van der Waals surface area (Å²) in [7, 11) is 0. The van der Waals surface area contributed by atoms with Crippen LogP contribution in [-0.4, -0.2) is 53.3 Å². The monoisotopic (exact) mass is 552 g/mol. The molecule has 1 atom stereocenters. The van der Waals surface area contributed by atoms with Crippen LogP contribution in [0.15, 0.2) is 59.1 Å². The Hall–Kier alpha value is -4.99. The van der Waals surface area contributed by atoms with Gasteiger partial charge in [-0.05, 0) is 37.1 Å². The Kier molecular flexibility index (Phi) is 6.74. The SMILES string of the molecule is CCC(=O)[C@H]1CCCN(c2cc(Nc3cccc(C(=O)NCC(=O)O)c3)c3c4c(onc24)-c2ccccc2C3=O)C1. The maximum absolute atomic E-state index is 13.9. The highest BCUT2D eigenvalue weighted by atomic mass is 16.5. The number of carbonyl (C=O) groups excluding carboxylic acids is 3. The fourth-order valence-corrected chi connectivity index (χ4v) is 5.78. The van der Waals surface area contributed by atoms with Crippen molar-refractivity contribution in [3.63, 3.8) is 0 Å². The third kappa shape index (κ3) is 4.71. The Morgan fingerprint density at radius 2 is 1.90 bits per heavy atom. The van der Waals surface area contributed by atoms with E-state index in [-0.39, 0.29) is 23.0 Å². The summed E-state index contributed by atoms with van der Waals surface area (Å²) < 4.78 is 5.88. The molecule has 1 fully saturated rings. The topological polar surface area (TPSA) is 142 Å². The number of anilines is 3. The maximum atomic E-state index is 13.9. The number of fused-ring (bicyclic) bond motifs is 2. The van der Waals surface area contributed by atoms with Crippen LogP contribution in [0.1, 0.15) is 52.5 Å². The first kappa shape index (κ1) is 26.2. The lowest BCUT2D eigenvalue weighted by molar-refractivity contribution is -0.135. The molecule has 0 radical (unpaired) electrons. The maximum Gasteiger partial charge on any atom is 0.322 e. The van der Waals surface area contributed by atoms with Crippen molar-refractivity contribution >= 4 is 51.4 Å². The largest absolute Gasteiger partial charge is 0.480 e. The zero-order chi connectivity index (χ0) is 28.7. The fourth-order valence-electron chi connectivity index (χ4n) is 5.78. The summed E-state index contributed by atoms with van der Waals surface area (Å²) in [6.07, 6.45) is 2.17. The van der Waals surface area contributed by atoms with Crippen molar-refractivity contribution in [3.05, 3.63) is 71.3 Å². The Morgan fingerprint density at radius 1 is 1.10 bits per heavy atom. The number of carboxylic acid groups (broad SMARTS) is 1. The van der Waals surface area contributed by atoms with E-state index in [2.05, 4.69) is 20.7 Å². The van der Waals surface area contributed by atoms with Crippen molar-refractivity contribution < 1.29 is 28.8 Å². The van der Waals surface area contributed by atoms with Crippen LogP contribution in [0, 0.1) is 5.92 Å². The number of ketones is 2. The van der Waals surface area contributed by atoms with Crippen LogP contribution < -0.4 is 15.5 Å². The number of carbonyl (C=O) groups is 4. The predicted molar refractivity (Wildman–Crippen MR) is 153 cm³/mol. The molecule has 10 nitrogen and oxygen atoms in total. The number of hydrogen-bond donors (Lipinski definition) is 3. The average Bonchev–Trinajstić information content (AvgIpc) is 3.44. The lowest BCUT2D eigenvalue weighted by atomic mass is 9.86. The molecule has 1 aliphatic carbocycles. The normalized spacial score (nSPS) is 15.9. The highest BCUT2D eigenvalue weighted by molar-refractivity contribution is 6.29. The van der Waals surface area contributed by atoms with Crippen LogP contribution in [0.3, 0.4) is 0 Å². The first-order valence-corrected chi connectivity index (χ1v) is 13.6. The zero-order valence-electron chi connectivity index (χ0n) is 22.4. The van der Waals surface area contributed by atoms with Crippen molar-refractivity contribution in [2.24, 2.45) is 5.92 Å². The number of nitrogens with one attached hydrogen (secondary N) is 2. The fraction of sp³-hybridized carbons (Fsp3) is 0.258. The molecule has 0 unspecified atom stereocenters. The number of carboxylic acids is 1. The number of benzene rings is 3. The molecule has 0 saturated carbocycles. The van der Waals surface area contributed by atoms with Gasteiger partial charge in [0.05, 0.1) is 22.3 Å². The quantitative estimate of drug-likeness (QED) is 0.248. The molecule has 1 aliphatic heterocycles. The molecule has 1 saturated heterocycles. The number of nitrogens with zero attached hydrogens (tertiary/aromatic N) is 2. The molecule has 208 valence electrons. The van der Waals surface area contributed by atoms with E-state index in [1.165, 1.54) is 0 Å². The molecular weight excluding hydrogens is 524 g/mol. The molecule has 1 aromatic heterocycles. The van der Waals surface area contributed by atoms with E-state index in [9.17, 15) is 19.2 Å². The Bertz CT molecular complexity index is 1730. The van der Waals surface area contributed by atoms with Gasteiger partial charge < -0.3 is 25.2 Å². The van der Waals surface area contributed by atoms with Gasteiger partial charge in [-0.3, -0.25) is 19.2 Å². The molecular formula is C31H28N4O6. The number of piperidine rings is 1. The second-order valence-corrected chi connectivity index (χ2v) is 10.3. The second-order valence-electron chi connectivity index (χ2n) is 10.3. The minimum Gasteiger partial charge on any atom is -0.480 e. The van der Waals surface area contributed by atoms with Gasteiger partial charge in [0.2, 0.25) is 0 Å². The molecule has 2 heterocycles. The number of aliphatic carboxylic acids is 1. The van der Waals surface area contributed by atoms with Gasteiger partial charge in [-0.1, -0.05) is 42.4 Å². The zero-order valence-corrected chi connectivity index (χ0v) is 22.4. The number of amides is 1. The van der Waals surface area contributed by atoms with Crippen LogP contribution in [0.5, 0.6) is 0 Å². The number of aromatic nitrogens is 1. The van der Waals surface area contributed by atoms with Gasteiger partial charge >= 0.3 is 5.97 Å². The average molecular weight is 553 g/mol. The van der Waals surface area contributed by atoms with E-state index in [0.29, 0.717) is 57.7 Å². The van der Waals surface area contributed by atoms with E-state index in [0.717, 1.165) is 25.1 Å². The summed E-state index contributed by atoms with van der Waals surface area (Å²) in [6, 6.07) is 15.7. The summed E-state index contributed by atoms with van der Waals surface area (Å²) in [6.45, 7) is 2.66. The van der Waals surface area contributed by atoms with Gasteiger partial charge in [0, 0.05) is 47.8 Å². The summed E-state index contributed by atoms with van der Waals surface area (Å²) in [5.41, 5.74) is 4.24. The molecule has 2 aliphatic rings. The third-order valence-corrected chi connectivity index (χ3v) is 7.75. The summed E-state index contributed by atoms with van der Waals surface area (Å²) in [5, 5.41) is 19.6. The van der Waals surface area contributed by atoms with Gasteiger partial charge in [0.25, 0.3) is 5.91 Å². The number of hydrogen-bond acceptors (Lipinski definition) is 8. The van der Waals surface area contributed by atoms with Crippen molar-refractivity contribution in [2.75, 3.05) is 29.9 Å². The van der Waals surface area contributed by atoms with Gasteiger partial charge in [-0.25, -0.2) is 0 Å². The number of rotatable bonds is 8. The Morgan fingerprint density at radius 3 is 2.68 bits per heavy atom. The van der Waals surface area contributed by atoms with E-state index in [1.54, 1.807) is 36.4 Å². The first-order valence-electron chi connectivity index (χ1n) is 13.6. The molecule has 3 N–H and O–H groups in total. The molecule has 41 heavy (non-hydrogen) atoms. The number of Topliss-reactive ketones (excluding diaryl/α,β-unsaturated/α-hetero) is 1. The van der Waals surface area contributed by atoms with Crippen LogP contribution in [0.2, 0.25) is 0 Å². The lowest BCUT2D eigenvalue weighted by Crippen LogP contribution is -2.38. The second kappa shape index (κ2) is 10.5. The highest BCUT2D eigenvalue weighted by Crippen LogP contribution is 2.46. The smallest absolute Gasteiger partial charge is 0.322 e. The van der Waals surface area contributed by atoms with Crippen LogP contribution in [-0.2, 0) is 9.59 Å². The molecule has 1 amide bonds. The van der Waals surface area contributed by atoms with Crippen LogP contribution in [0.4, 0.5) is 17.1 Å². The van der Waals surface area contributed by atoms with Gasteiger partial charge in [0.1, 0.15) is 17.8 Å². The Balaban J connectivity index is 1.47. The van der Waals surface area contributed by atoms with E-state index >= 15 is 0 Å². The Labute approximate surface area is 235 Å². The van der Waals surface area contributed by atoms with E-state index in [4.69, 9.17) is 9.63 Å². The van der Waals surface area contributed by atoms with Gasteiger partial charge in [-0.2, -0.15) is 0 Å². The molecule has 0 bridgehead atoms. The van der Waals surface area contributed by atoms with Gasteiger partial charge in [-0.15, -0.1) is 0 Å². The minimum absolute atomic E-state index is 0.0810. The first-order chi connectivity index (χ1) is 19.9. The van der Waals surface area contributed by atoms with Crippen LogP contribution >= 0.6 is 0 Å².